The number of carbonyl (C=O) groups excluding carboxylic acids is 3. The summed E-state index contributed by atoms with van der Waals surface area (Å²) in [7, 11) is 0. The molecule has 0 saturated carbocycles. The number of carbonyl (C=O) groups is 3. The summed E-state index contributed by atoms with van der Waals surface area (Å²) in [4.78, 5) is 34.3. The molecule has 0 spiro atoms. The predicted octanol–water partition coefficient (Wildman–Crippen LogP) is 1.43. The molecule has 0 bridgehead atoms. The molecule has 0 unspecified atom stereocenters. The normalized spacial score (nSPS) is 23.0. The minimum atomic E-state index is -0.991. The van der Waals surface area contributed by atoms with E-state index in [0.717, 1.165) is 11.3 Å². The van der Waals surface area contributed by atoms with Gasteiger partial charge in [0.05, 0.1) is 0 Å². The van der Waals surface area contributed by atoms with Crippen LogP contribution in [-0.2, 0) is 33.3 Å². The average Bonchev–Trinajstić information content (AvgIpc) is 2.91. The summed E-state index contributed by atoms with van der Waals surface area (Å²) in [6, 6.07) is 7.55. The SMILES string of the molecule is CC(=O)OC[C@H]1O[C@@H](NC(=S)Nc2ccc(C)cc2)[C@H](OC(C)=O)[C@@H]1OC(C)=O. The van der Waals surface area contributed by atoms with Gasteiger partial charge in [0.25, 0.3) is 0 Å². The van der Waals surface area contributed by atoms with Crippen molar-refractivity contribution in [2.24, 2.45) is 0 Å². The largest absolute Gasteiger partial charge is 0.463 e. The molecule has 1 saturated heterocycles. The number of esters is 3. The van der Waals surface area contributed by atoms with E-state index in [0.29, 0.717) is 0 Å². The first kappa shape index (κ1) is 22.6. The maximum absolute atomic E-state index is 11.6. The number of ether oxygens (including phenoxy) is 4. The van der Waals surface area contributed by atoms with Crippen LogP contribution in [0.2, 0.25) is 0 Å². The molecule has 0 amide bonds. The minimum absolute atomic E-state index is 0.179. The zero-order valence-electron chi connectivity index (χ0n) is 16.6. The Balaban J connectivity index is 2.13. The van der Waals surface area contributed by atoms with Crippen molar-refractivity contribution in [1.82, 2.24) is 5.32 Å². The maximum atomic E-state index is 11.6. The van der Waals surface area contributed by atoms with Gasteiger partial charge in [0, 0.05) is 26.5 Å². The number of anilines is 1. The molecule has 1 aliphatic rings. The molecule has 1 fully saturated rings. The van der Waals surface area contributed by atoms with Crippen molar-refractivity contribution in [2.75, 3.05) is 11.9 Å². The number of hydrogen-bond donors (Lipinski definition) is 2. The number of hydrogen-bond acceptors (Lipinski definition) is 8. The predicted molar refractivity (Wildman–Crippen MR) is 107 cm³/mol. The van der Waals surface area contributed by atoms with Crippen molar-refractivity contribution in [3.63, 3.8) is 0 Å². The van der Waals surface area contributed by atoms with Crippen LogP contribution in [-0.4, -0.2) is 54.2 Å². The maximum Gasteiger partial charge on any atom is 0.303 e. The molecule has 0 radical (unpaired) electrons. The molecule has 29 heavy (non-hydrogen) atoms. The van der Waals surface area contributed by atoms with Crippen LogP contribution in [0.3, 0.4) is 0 Å². The first-order valence-electron chi connectivity index (χ1n) is 8.93. The van der Waals surface area contributed by atoms with Crippen LogP contribution in [0.4, 0.5) is 5.69 Å². The Morgan fingerprint density at radius 3 is 2.14 bits per heavy atom. The Morgan fingerprint density at radius 1 is 1.00 bits per heavy atom. The standard InChI is InChI=1S/C19H24N2O7S/c1-10-5-7-14(8-6-10)20-19(29)21-18-17(27-13(4)24)16(26-12(3)23)15(28-18)9-25-11(2)22/h5-8,15-18H,9H2,1-4H3,(H2,20,21,29)/t15-,16-,17-,18-/m1/s1. The summed E-state index contributed by atoms with van der Waals surface area (Å²) in [5, 5.41) is 6.12. The van der Waals surface area contributed by atoms with Crippen molar-refractivity contribution >= 4 is 40.9 Å². The lowest BCUT2D eigenvalue weighted by atomic mass is 10.1. The quantitative estimate of drug-likeness (QED) is 0.395. The zero-order chi connectivity index (χ0) is 21.6. The molecule has 1 aromatic rings. The Labute approximate surface area is 174 Å². The highest BCUT2D eigenvalue weighted by molar-refractivity contribution is 7.80. The van der Waals surface area contributed by atoms with Crippen molar-refractivity contribution in [1.29, 1.82) is 0 Å². The van der Waals surface area contributed by atoms with E-state index in [1.807, 2.05) is 31.2 Å². The molecular weight excluding hydrogens is 400 g/mol. The number of aryl methyl sites for hydroxylation is 1. The van der Waals surface area contributed by atoms with Gasteiger partial charge in [-0.05, 0) is 31.3 Å². The van der Waals surface area contributed by atoms with Crippen LogP contribution in [0, 0.1) is 6.92 Å². The zero-order valence-corrected chi connectivity index (χ0v) is 17.4. The lowest BCUT2D eigenvalue weighted by molar-refractivity contribution is -0.165. The molecule has 2 N–H and O–H groups in total. The van der Waals surface area contributed by atoms with E-state index in [1.54, 1.807) is 0 Å². The van der Waals surface area contributed by atoms with Crippen LogP contribution in [0.15, 0.2) is 24.3 Å². The Hall–Kier alpha value is -2.72. The third kappa shape index (κ3) is 6.99. The summed E-state index contributed by atoms with van der Waals surface area (Å²) in [5.74, 6) is -1.70. The van der Waals surface area contributed by atoms with E-state index >= 15 is 0 Å². The van der Waals surface area contributed by atoms with Gasteiger partial charge >= 0.3 is 17.9 Å². The topological polar surface area (TPSA) is 112 Å². The molecule has 158 valence electrons. The van der Waals surface area contributed by atoms with Gasteiger partial charge in [0.2, 0.25) is 0 Å². The van der Waals surface area contributed by atoms with Crippen molar-refractivity contribution in [3.05, 3.63) is 29.8 Å². The van der Waals surface area contributed by atoms with Crippen molar-refractivity contribution in [3.8, 4) is 0 Å². The van der Waals surface area contributed by atoms with Crippen LogP contribution in [0.25, 0.3) is 0 Å². The Morgan fingerprint density at radius 2 is 1.59 bits per heavy atom. The fourth-order valence-corrected chi connectivity index (χ4v) is 3.00. The lowest BCUT2D eigenvalue weighted by Crippen LogP contribution is -2.48. The molecule has 4 atom stereocenters. The Bertz CT molecular complexity index is 768. The van der Waals surface area contributed by atoms with E-state index in [9.17, 15) is 14.4 Å². The first-order valence-corrected chi connectivity index (χ1v) is 9.34. The molecule has 10 heteroatoms. The molecular formula is C19H24N2O7S. The summed E-state index contributed by atoms with van der Waals surface area (Å²) in [6.45, 7) is 5.48. The highest BCUT2D eigenvalue weighted by atomic mass is 32.1. The Kier molecular flexibility index (Phi) is 7.91. The summed E-state index contributed by atoms with van der Waals surface area (Å²) in [6.07, 6.45) is -3.73. The fourth-order valence-electron chi connectivity index (χ4n) is 2.77. The number of benzene rings is 1. The van der Waals surface area contributed by atoms with Crippen LogP contribution < -0.4 is 10.6 Å². The van der Waals surface area contributed by atoms with E-state index in [2.05, 4.69) is 10.6 Å². The second-order valence-electron chi connectivity index (χ2n) is 6.51. The number of thiocarbonyl (C=S) groups is 1. The summed E-state index contributed by atoms with van der Waals surface area (Å²) < 4.78 is 21.4. The third-order valence-corrected chi connectivity index (χ3v) is 4.17. The van der Waals surface area contributed by atoms with Gasteiger partial charge in [0.1, 0.15) is 12.7 Å². The lowest BCUT2D eigenvalue weighted by Gasteiger charge is -2.24. The van der Waals surface area contributed by atoms with Crippen LogP contribution in [0.5, 0.6) is 0 Å². The van der Waals surface area contributed by atoms with Gasteiger partial charge in [-0.25, -0.2) is 0 Å². The van der Waals surface area contributed by atoms with Gasteiger partial charge in [-0.1, -0.05) is 17.7 Å². The van der Waals surface area contributed by atoms with Gasteiger partial charge in [-0.15, -0.1) is 0 Å². The van der Waals surface area contributed by atoms with E-state index in [1.165, 1.54) is 20.8 Å². The monoisotopic (exact) mass is 424 g/mol. The van der Waals surface area contributed by atoms with Gasteiger partial charge in [0.15, 0.2) is 23.5 Å². The molecule has 2 rings (SSSR count). The average molecular weight is 424 g/mol. The minimum Gasteiger partial charge on any atom is -0.463 e. The number of rotatable bonds is 6. The third-order valence-electron chi connectivity index (χ3n) is 3.95. The molecule has 1 heterocycles. The second-order valence-corrected chi connectivity index (χ2v) is 6.92. The van der Waals surface area contributed by atoms with Gasteiger partial charge in [-0.2, -0.15) is 0 Å². The van der Waals surface area contributed by atoms with Gasteiger partial charge < -0.3 is 29.6 Å². The molecule has 1 aliphatic heterocycles. The fraction of sp³-hybridized carbons (Fsp3) is 0.474. The van der Waals surface area contributed by atoms with Gasteiger partial charge in [-0.3, -0.25) is 14.4 Å². The highest BCUT2D eigenvalue weighted by Gasteiger charge is 2.50. The van der Waals surface area contributed by atoms with E-state index in [-0.39, 0.29) is 11.7 Å². The van der Waals surface area contributed by atoms with Crippen molar-refractivity contribution < 1.29 is 33.3 Å². The van der Waals surface area contributed by atoms with Crippen molar-refractivity contribution in [2.45, 2.75) is 52.2 Å². The van der Waals surface area contributed by atoms with E-state index < -0.39 is 42.4 Å². The molecule has 9 nitrogen and oxygen atoms in total. The summed E-state index contributed by atoms with van der Waals surface area (Å²) >= 11 is 5.31. The second kappa shape index (κ2) is 10.2. The molecule has 1 aromatic carbocycles. The first-order chi connectivity index (χ1) is 13.7. The van der Waals surface area contributed by atoms with Crippen LogP contribution >= 0.6 is 12.2 Å². The molecule has 0 aliphatic carbocycles. The number of nitrogens with one attached hydrogen (secondary N) is 2. The smallest absolute Gasteiger partial charge is 0.303 e. The highest BCUT2D eigenvalue weighted by Crippen LogP contribution is 2.26. The van der Waals surface area contributed by atoms with Crippen LogP contribution in [0.1, 0.15) is 26.3 Å². The van der Waals surface area contributed by atoms with E-state index in [4.69, 9.17) is 31.2 Å². The molecule has 0 aromatic heterocycles. The summed E-state index contributed by atoms with van der Waals surface area (Å²) in [5.41, 5.74) is 1.85.